The summed E-state index contributed by atoms with van der Waals surface area (Å²) in [6.07, 6.45) is 0.257. The minimum Gasteiger partial charge on any atom is -0.204 e. The molecular formula is C16H14BrClF2. The lowest BCUT2D eigenvalue weighted by Gasteiger charge is -2.15. The molecule has 0 aliphatic rings. The lowest BCUT2D eigenvalue weighted by atomic mass is 9.98. The lowest BCUT2D eigenvalue weighted by Crippen LogP contribution is -2.02. The van der Waals surface area contributed by atoms with Crippen LogP contribution in [0.4, 0.5) is 8.78 Å². The second-order valence-electron chi connectivity index (χ2n) is 4.84. The molecule has 2 rings (SSSR count). The Bertz CT molecular complexity index is 641. The van der Waals surface area contributed by atoms with Gasteiger partial charge < -0.3 is 0 Å². The third-order valence-corrected chi connectivity index (χ3v) is 4.56. The van der Waals surface area contributed by atoms with E-state index in [1.54, 1.807) is 6.07 Å². The van der Waals surface area contributed by atoms with Crippen LogP contribution in [0.5, 0.6) is 0 Å². The monoisotopic (exact) mass is 358 g/mol. The summed E-state index contributed by atoms with van der Waals surface area (Å²) in [5, 5.41) is -0.391. The predicted octanol–water partition coefficient (Wildman–Crippen LogP) is 5.87. The van der Waals surface area contributed by atoms with Gasteiger partial charge in [0.25, 0.3) is 0 Å². The maximum atomic E-state index is 13.7. The fourth-order valence-corrected chi connectivity index (χ4v) is 3.01. The Balaban J connectivity index is 2.31. The molecule has 20 heavy (non-hydrogen) atoms. The number of benzene rings is 2. The first-order chi connectivity index (χ1) is 9.40. The first-order valence-electron chi connectivity index (χ1n) is 6.23. The second kappa shape index (κ2) is 6.23. The first-order valence-corrected chi connectivity index (χ1v) is 7.46. The molecule has 2 aromatic rings. The summed E-state index contributed by atoms with van der Waals surface area (Å²) in [7, 11) is 0. The molecule has 0 spiro atoms. The molecule has 0 aromatic heterocycles. The topological polar surface area (TPSA) is 0 Å². The summed E-state index contributed by atoms with van der Waals surface area (Å²) in [4.78, 5) is 0. The Morgan fingerprint density at radius 1 is 1.15 bits per heavy atom. The molecule has 0 fully saturated rings. The Labute approximate surface area is 130 Å². The number of halogens is 4. The van der Waals surface area contributed by atoms with E-state index in [1.165, 1.54) is 6.07 Å². The van der Waals surface area contributed by atoms with Crippen molar-refractivity contribution in [1.82, 2.24) is 0 Å². The quantitative estimate of drug-likeness (QED) is 0.601. The largest absolute Gasteiger partial charge is 0.204 e. The van der Waals surface area contributed by atoms with Crippen molar-refractivity contribution in [1.29, 1.82) is 0 Å². The van der Waals surface area contributed by atoms with Gasteiger partial charge in [-0.1, -0.05) is 34.1 Å². The summed E-state index contributed by atoms with van der Waals surface area (Å²) in [5.41, 5.74) is 3.33. The van der Waals surface area contributed by atoms with Crippen LogP contribution in [0.2, 0.25) is 0 Å². The second-order valence-corrected chi connectivity index (χ2v) is 6.22. The highest BCUT2D eigenvalue weighted by atomic mass is 79.9. The normalized spacial score (nSPS) is 12.5. The first kappa shape index (κ1) is 15.5. The molecule has 0 N–H and O–H groups in total. The summed E-state index contributed by atoms with van der Waals surface area (Å²) in [6, 6.07) is 8.14. The Morgan fingerprint density at radius 2 is 1.85 bits per heavy atom. The molecule has 0 radical (unpaired) electrons. The van der Waals surface area contributed by atoms with Crippen LogP contribution >= 0.6 is 27.5 Å². The molecule has 106 valence electrons. The zero-order valence-electron chi connectivity index (χ0n) is 11.2. The SMILES string of the molecule is Cc1cc(C(Cl)Cc2cccc(F)c2F)c(C)cc1Br. The molecule has 2 aromatic carbocycles. The summed E-state index contributed by atoms with van der Waals surface area (Å²) in [5.74, 6) is -1.65. The molecule has 1 unspecified atom stereocenters. The smallest absolute Gasteiger partial charge is 0.162 e. The molecule has 4 heteroatoms. The van der Waals surface area contributed by atoms with Crippen LogP contribution < -0.4 is 0 Å². The molecular weight excluding hydrogens is 346 g/mol. The Hall–Kier alpha value is -0.930. The van der Waals surface area contributed by atoms with Crippen LogP contribution in [0, 0.1) is 25.5 Å². The van der Waals surface area contributed by atoms with E-state index in [2.05, 4.69) is 15.9 Å². The number of hydrogen-bond donors (Lipinski definition) is 0. The van der Waals surface area contributed by atoms with Crippen molar-refractivity contribution < 1.29 is 8.78 Å². The van der Waals surface area contributed by atoms with Crippen molar-refractivity contribution in [2.24, 2.45) is 0 Å². The minimum absolute atomic E-state index is 0.257. The van der Waals surface area contributed by atoms with Gasteiger partial charge in [-0.3, -0.25) is 0 Å². The third kappa shape index (κ3) is 3.21. The zero-order chi connectivity index (χ0) is 14.9. The number of rotatable bonds is 3. The highest BCUT2D eigenvalue weighted by Gasteiger charge is 2.16. The fraction of sp³-hybridized carbons (Fsp3) is 0.250. The Kier molecular flexibility index (Phi) is 4.82. The van der Waals surface area contributed by atoms with Gasteiger partial charge in [-0.2, -0.15) is 0 Å². The van der Waals surface area contributed by atoms with E-state index >= 15 is 0 Å². The molecule has 0 saturated heterocycles. The summed E-state index contributed by atoms with van der Waals surface area (Å²) < 4.78 is 27.9. The Morgan fingerprint density at radius 3 is 2.55 bits per heavy atom. The highest BCUT2D eigenvalue weighted by Crippen LogP contribution is 2.32. The predicted molar refractivity (Wildman–Crippen MR) is 82.3 cm³/mol. The number of aryl methyl sites for hydroxylation is 2. The summed E-state index contributed by atoms with van der Waals surface area (Å²) in [6.45, 7) is 3.93. The van der Waals surface area contributed by atoms with Crippen molar-refractivity contribution >= 4 is 27.5 Å². The van der Waals surface area contributed by atoms with Gasteiger partial charge >= 0.3 is 0 Å². The minimum atomic E-state index is -0.838. The van der Waals surface area contributed by atoms with E-state index in [0.29, 0.717) is 5.56 Å². The van der Waals surface area contributed by atoms with E-state index in [4.69, 9.17) is 11.6 Å². The van der Waals surface area contributed by atoms with Gasteiger partial charge in [-0.25, -0.2) is 8.78 Å². The molecule has 0 aliphatic heterocycles. The van der Waals surface area contributed by atoms with E-state index in [0.717, 1.165) is 27.2 Å². The van der Waals surface area contributed by atoms with Gasteiger partial charge in [0.2, 0.25) is 0 Å². The van der Waals surface area contributed by atoms with E-state index in [1.807, 2.05) is 26.0 Å². The summed E-state index contributed by atoms with van der Waals surface area (Å²) >= 11 is 9.85. The third-order valence-electron chi connectivity index (χ3n) is 3.32. The molecule has 0 bridgehead atoms. The van der Waals surface area contributed by atoms with Crippen molar-refractivity contribution in [3.8, 4) is 0 Å². The standard InChI is InChI=1S/C16H14BrClF2/c1-9-7-13(17)10(2)6-12(9)14(18)8-11-4-3-5-15(19)16(11)20/h3-7,14H,8H2,1-2H3. The van der Waals surface area contributed by atoms with Crippen LogP contribution in [0.25, 0.3) is 0 Å². The van der Waals surface area contributed by atoms with Crippen molar-refractivity contribution in [2.45, 2.75) is 25.6 Å². The van der Waals surface area contributed by atoms with Gasteiger partial charge in [0.15, 0.2) is 11.6 Å². The fourth-order valence-electron chi connectivity index (χ4n) is 2.15. The van der Waals surface area contributed by atoms with Crippen LogP contribution in [0.3, 0.4) is 0 Å². The average Bonchev–Trinajstić information content (AvgIpc) is 2.39. The van der Waals surface area contributed by atoms with Gasteiger partial charge in [0, 0.05) is 4.47 Å². The van der Waals surface area contributed by atoms with Gasteiger partial charge in [-0.05, 0) is 54.7 Å². The maximum absolute atomic E-state index is 13.7. The van der Waals surface area contributed by atoms with Crippen LogP contribution in [0.1, 0.15) is 27.6 Å². The maximum Gasteiger partial charge on any atom is 0.162 e. The number of alkyl halides is 1. The van der Waals surface area contributed by atoms with Crippen LogP contribution in [-0.2, 0) is 6.42 Å². The van der Waals surface area contributed by atoms with E-state index in [-0.39, 0.29) is 6.42 Å². The molecule has 0 nitrogen and oxygen atoms in total. The van der Waals surface area contributed by atoms with E-state index < -0.39 is 17.0 Å². The van der Waals surface area contributed by atoms with E-state index in [9.17, 15) is 8.78 Å². The van der Waals surface area contributed by atoms with Crippen molar-refractivity contribution in [2.75, 3.05) is 0 Å². The van der Waals surface area contributed by atoms with Crippen molar-refractivity contribution in [3.05, 3.63) is 68.7 Å². The molecule has 0 heterocycles. The van der Waals surface area contributed by atoms with Gasteiger partial charge in [0.05, 0.1) is 5.38 Å². The van der Waals surface area contributed by atoms with Crippen molar-refractivity contribution in [3.63, 3.8) is 0 Å². The average molecular weight is 360 g/mol. The molecule has 0 amide bonds. The van der Waals surface area contributed by atoms with Crippen LogP contribution in [-0.4, -0.2) is 0 Å². The molecule has 0 aliphatic carbocycles. The molecule has 0 saturated carbocycles. The zero-order valence-corrected chi connectivity index (χ0v) is 13.5. The lowest BCUT2D eigenvalue weighted by molar-refractivity contribution is 0.498. The number of hydrogen-bond acceptors (Lipinski definition) is 0. The van der Waals surface area contributed by atoms with Gasteiger partial charge in [-0.15, -0.1) is 11.6 Å². The van der Waals surface area contributed by atoms with Crippen LogP contribution in [0.15, 0.2) is 34.8 Å². The molecule has 1 atom stereocenters. The van der Waals surface area contributed by atoms with Gasteiger partial charge in [0.1, 0.15) is 0 Å². The highest BCUT2D eigenvalue weighted by molar-refractivity contribution is 9.10.